The highest BCUT2D eigenvalue weighted by Crippen LogP contribution is 2.28. The molecule has 1 aromatic carbocycles. The molecule has 2 aliphatic heterocycles. The van der Waals surface area contributed by atoms with Gasteiger partial charge in [0.05, 0.1) is 13.7 Å². The van der Waals surface area contributed by atoms with Crippen molar-refractivity contribution in [3.8, 4) is 17.6 Å². The number of imide groups is 1. The quantitative estimate of drug-likeness (QED) is 0.390. The Morgan fingerprint density at radius 3 is 2.77 bits per heavy atom. The topological polar surface area (TPSA) is 124 Å². The van der Waals surface area contributed by atoms with Crippen molar-refractivity contribution in [2.75, 3.05) is 13.7 Å². The van der Waals surface area contributed by atoms with E-state index in [1.165, 1.54) is 18.2 Å². The van der Waals surface area contributed by atoms with E-state index in [9.17, 15) is 14.4 Å². The predicted octanol–water partition coefficient (Wildman–Crippen LogP) is 1.06. The molecular formula is C22H19N5O4. The lowest BCUT2D eigenvalue weighted by atomic mass is 9.99. The zero-order valence-electron chi connectivity index (χ0n) is 16.9. The monoisotopic (exact) mass is 417 g/mol. The Kier molecular flexibility index (Phi) is 4.91. The number of aromatic nitrogens is 1. The van der Waals surface area contributed by atoms with Crippen LogP contribution < -0.4 is 15.4 Å². The molecule has 2 aromatic rings. The van der Waals surface area contributed by atoms with Gasteiger partial charge in [0.2, 0.25) is 5.54 Å². The minimum absolute atomic E-state index is 0.121. The zero-order valence-corrected chi connectivity index (χ0v) is 16.9. The maximum absolute atomic E-state index is 12.9. The number of hydrogen-bond acceptors (Lipinski definition) is 6. The van der Waals surface area contributed by atoms with Gasteiger partial charge in [-0.15, -0.1) is 0 Å². The van der Waals surface area contributed by atoms with Crippen molar-refractivity contribution >= 4 is 23.6 Å². The zero-order chi connectivity index (χ0) is 22.2. The molecule has 156 valence electrons. The first-order valence-electron chi connectivity index (χ1n) is 9.45. The van der Waals surface area contributed by atoms with E-state index in [0.29, 0.717) is 28.2 Å². The van der Waals surface area contributed by atoms with E-state index in [2.05, 4.69) is 27.5 Å². The molecule has 1 atom stereocenters. The van der Waals surface area contributed by atoms with Crippen LogP contribution in [0.3, 0.4) is 0 Å². The van der Waals surface area contributed by atoms with Crippen LogP contribution in [0.5, 0.6) is 5.75 Å². The molecule has 3 N–H and O–H groups in total. The van der Waals surface area contributed by atoms with Gasteiger partial charge in [-0.1, -0.05) is 17.9 Å². The highest BCUT2D eigenvalue weighted by molar-refractivity contribution is 6.10. The highest BCUT2D eigenvalue weighted by Gasteiger charge is 2.48. The van der Waals surface area contributed by atoms with Crippen LogP contribution in [-0.4, -0.2) is 52.6 Å². The first-order chi connectivity index (χ1) is 14.8. The number of ether oxygens (including phenoxy) is 1. The summed E-state index contributed by atoms with van der Waals surface area (Å²) in [7, 11) is 1.52. The van der Waals surface area contributed by atoms with Gasteiger partial charge in [0, 0.05) is 41.3 Å². The molecule has 2 aliphatic rings. The number of amides is 4. The summed E-state index contributed by atoms with van der Waals surface area (Å²) in [6.45, 7) is 1.80. The van der Waals surface area contributed by atoms with Crippen molar-refractivity contribution in [2.24, 2.45) is 0 Å². The molecule has 9 nitrogen and oxygen atoms in total. The molecule has 1 saturated heterocycles. The second-order valence-electron chi connectivity index (χ2n) is 7.34. The molecule has 9 heteroatoms. The first-order valence-corrected chi connectivity index (χ1v) is 9.45. The number of rotatable bonds is 4. The molecule has 0 spiro atoms. The second kappa shape index (κ2) is 7.57. The van der Waals surface area contributed by atoms with Crippen LogP contribution in [-0.2, 0) is 11.3 Å². The lowest BCUT2D eigenvalue weighted by Crippen LogP contribution is -2.54. The molecule has 0 unspecified atom stereocenters. The Morgan fingerprint density at radius 1 is 1.29 bits per heavy atom. The van der Waals surface area contributed by atoms with Gasteiger partial charge in [0.15, 0.2) is 0 Å². The minimum atomic E-state index is -1.60. The Morgan fingerprint density at radius 2 is 2.10 bits per heavy atom. The third-order valence-corrected chi connectivity index (χ3v) is 5.16. The standard InChI is InChI=1S/C22H19N5O4/c1-13(23)16-7-14(9-24-10-16)5-6-22(20(29)25-21(30)26-22)12-27-11-15-3-4-17(31-2)8-18(15)19(27)28/h3-4,7-10,23H,11-12H2,1-2H3,(H2,25,26,29,30)/t22-/m1/s1. The van der Waals surface area contributed by atoms with Gasteiger partial charge in [-0.25, -0.2) is 4.79 Å². The van der Waals surface area contributed by atoms with E-state index in [-0.39, 0.29) is 19.0 Å². The number of nitrogens with zero attached hydrogens (tertiary/aromatic N) is 2. The second-order valence-corrected chi connectivity index (χ2v) is 7.34. The normalized spacial score (nSPS) is 19.3. The molecule has 31 heavy (non-hydrogen) atoms. The molecular weight excluding hydrogens is 398 g/mol. The lowest BCUT2D eigenvalue weighted by molar-refractivity contribution is -0.122. The molecule has 1 aromatic heterocycles. The fraction of sp³-hybridized carbons (Fsp3) is 0.227. The molecule has 1 fully saturated rings. The van der Waals surface area contributed by atoms with Crippen LogP contribution >= 0.6 is 0 Å². The summed E-state index contributed by atoms with van der Waals surface area (Å²) in [6.07, 6.45) is 3.05. The molecule has 4 rings (SSSR count). The van der Waals surface area contributed by atoms with Crippen LogP contribution in [0.25, 0.3) is 0 Å². The van der Waals surface area contributed by atoms with Gasteiger partial charge >= 0.3 is 6.03 Å². The lowest BCUT2D eigenvalue weighted by Gasteiger charge is -2.26. The third-order valence-electron chi connectivity index (χ3n) is 5.16. The SMILES string of the molecule is COc1ccc2c(c1)C(=O)N(C[C@@]1(C#Cc3cncc(C(C)=N)c3)NC(=O)NC1=O)C2. The smallest absolute Gasteiger partial charge is 0.323 e. The third kappa shape index (κ3) is 3.71. The van der Waals surface area contributed by atoms with Crippen molar-refractivity contribution in [3.05, 3.63) is 58.9 Å². The maximum Gasteiger partial charge on any atom is 0.323 e. The van der Waals surface area contributed by atoms with E-state index in [1.807, 2.05) is 0 Å². The van der Waals surface area contributed by atoms with Crippen molar-refractivity contribution < 1.29 is 19.1 Å². The maximum atomic E-state index is 12.9. The summed E-state index contributed by atoms with van der Waals surface area (Å²) in [5.74, 6) is 5.35. The Labute approximate surface area is 178 Å². The van der Waals surface area contributed by atoms with Crippen LogP contribution in [0, 0.1) is 17.3 Å². The van der Waals surface area contributed by atoms with Gasteiger partial charge in [0.1, 0.15) is 5.75 Å². The number of fused-ring (bicyclic) bond motifs is 1. The Bertz CT molecular complexity index is 1200. The Balaban J connectivity index is 1.65. The van der Waals surface area contributed by atoms with Gasteiger partial charge in [-0.3, -0.25) is 19.9 Å². The van der Waals surface area contributed by atoms with Crippen molar-refractivity contribution in [2.45, 2.75) is 19.0 Å². The summed E-state index contributed by atoms with van der Waals surface area (Å²) in [5, 5.41) is 12.5. The van der Waals surface area contributed by atoms with E-state index >= 15 is 0 Å². The minimum Gasteiger partial charge on any atom is -0.497 e. The van der Waals surface area contributed by atoms with Crippen LogP contribution in [0.1, 0.15) is 34.0 Å². The average Bonchev–Trinajstić information content (AvgIpc) is 3.21. The molecule has 4 amide bonds. The summed E-state index contributed by atoms with van der Waals surface area (Å²) in [6, 6.07) is 6.22. The van der Waals surface area contributed by atoms with Gasteiger partial charge in [-0.05, 0) is 30.7 Å². The highest BCUT2D eigenvalue weighted by atomic mass is 16.5. The van der Waals surface area contributed by atoms with Crippen molar-refractivity contribution in [1.82, 2.24) is 20.5 Å². The molecule has 0 aliphatic carbocycles. The van der Waals surface area contributed by atoms with E-state index in [1.54, 1.807) is 37.4 Å². The fourth-order valence-electron chi connectivity index (χ4n) is 3.50. The van der Waals surface area contributed by atoms with E-state index < -0.39 is 17.5 Å². The summed E-state index contributed by atoms with van der Waals surface area (Å²) < 4.78 is 5.19. The summed E-state index contributed by atoms with van der Waals surface area (Å²) in [4.78, 5) is 43.0. The number of hydrogen-bond donors (Lipinski definition) is 3. The number of urea groups is 1. The van der Waals surface area contributed by atoms with Crippen molar-refractivity contribution in [3.63, 3.8) is 0 Å². The fourth-order valence-corrected chi connectivity index (χ4v) is 3.50. The van der Waals surface area contributed by atoms with E-state index in [0.717, 1.165) is 5.56 Å². The Hall–Kier alpha value is -4.19. The molecule has 0 bridgehead atoms. The van der Waals surface area contributed by atoms with Gasteiger partial charge in [-0.2, -0.15) is 0 Å². The predicted molar refractivity (Wildman–Crippen MR) is 111 cm³/mol. The van der Waals surface area contributed by atoms with Crippen LogP contribution in [0.2, 0.25) is 0 Å². The van der Waals surface area contributed by atoms with E-state index in [4.69, 9.17) is 10.1 Å². The summed E-state index contributed by atoms with van der Waals surface area (Å²) in [5.41, 5.74) is 1.10. The number of benzene rings is 1. The van der Waals surface area contributed by atoms with Crippen molar-refractivity contribution in [1.29, 1.82) is 5.41 Å². The van der Waals surface area contributed by atoms with Gasteiger partial charge < -0.3 is 20.4 Å². The molecule has 0 radical (unpaired) electrons. The summed E-state index contributed by atoms with van der Waals surface area (Å²) >= 11 is 0. The largest absolute Gasteiger partial charge is 0.497 e. The number of methoxy groups -OCH3 is 1. The van der Waals surface area contributed by atoms with Gasteiger partial charge in [0.25, 0.3) is 11.8 Å². The first kappa shape index (κ1) is 20.1. The van der Waals surface area contributed by atoms with Crippen LogP contribution in [0.15, 0.2) is 36.7 Å². The number of pyridine rings is 1. The number of carbonyl (C=O) groups excluding carboxylic acids is 3. The molecule has 0 saturated carbocycles. The molecule has 3 heterocycles. The number of nitrogens with one attached hydrogen (secondary N) is 3. The van der Waals surface area contributed by atoms with Crippen LogP contribution in [0.4, 0.5) is 4.79 Å². The number of carbonyl (C=O) groups is 3. The average molecular weight is 417 g/mol.